The zero-order chi connectivity index (χ0) is 15.4. The lowest BCUT2D eigenvalue weighted by Crippen LogP contribution is -2.23. The molecule has 0 bridgehead atoms. The first-order valence-corrected chi connectivity index (χ1v) is 5.94. The van der Waals surface area contributed by atoms with Gasteiger partial charge in [-0.2, -0.15) is 4.39 Å². The molecular weight excluding hydrogens is 282 g/mol. The number of amides is 1. The predicted octanol–water partition coefficient (Wildman–Crippen LogP) is 2.80. The van der Waals surface area contributed by atoms with Gasteiger partial charge >= 0.3 is 5.69 Å². The van der Waals surface area contributed by atoms with Gasteiger partial charge in [-0.05, 0) is 18.2 Å². The lowest BCUT2D eigenvalue weighted by Gasteiger charge is -2.06. The molecule has 0 aliphatic rings. The van der Waals surface area contributed by atoms with Crippen LogP contribution in [-0.2, 0) is 6.54 Å². The highest BCUT2D eigenvalue weighted by Crippen LogP contribution is 2.18. The van der Waals surface area contributed by atoms with E-state index in [4.69, 9.17) is 0 Å². The molecule has 2 aromatic rings. The fourth-order valence-electron chi connectivity index (χ4n) is 1.72. The molecule has 0 aliphatic carbocycles. The molecule has 0 fully saturated rings. The van der Waals surface area contributed by atoms with Crippen LogP contribution in [0.4, 0.5) is 14.5 Å². The number of nitro groups is 1. The molecule has 7 heteroatoms. The largest absolute Gasteiger partial charge is 0.348 e. The van der Waals surface area contributed by atoms with Gasteiger partial charge in [0.1, 0.15) is 5.82 Å². The van der Waals surface area contributed by atoms with Crippen LogP contribution in [0.25, 0.3) is 0 Å². The Balaban J connectivity index is 2.09. The average molecular weight is 292 g/mol. The molecule has 1 amide bonds. The van der Waals surface area contributed by atoms with Gasteiger partial charge in [-0.1, -0.05) is 18.2 Å². The first kappa shape index (κ1) is 14.6. The third-order valence-corrected chi connectivity index (χ3v) is 2.80. The predicted molar refractivity (Wildman–Crippen MR) is 70.6 cm³/mol. The maximum absolute atomic E-state index is 13.4. The molecule has 0 saturated carbocycles. The lowest BCUT2D eigenvalue weighted by atomic mass is 10.1. The van der Waals surface area contributed by atoms with Gasteiger partial charge in [0.05, 0.1) is 4.92 Å². The van der Waals surface area contributed by atoms with E-state index in [0.29, 0.717) is 0 Å². The Hall–Kier alpha value is -2.83. The summed E-state index contributed by atoms with van der Waals surface area (Å²) in [5.74, 6) is -2.21. The van der Waals surface area contributed by atoms with E-state index in [2.05, 4.69) is 5.32 Å². The molecule has 5 nitrogen and oxygen atoms in total. The summed E-state index contributed by atoms with van der Waals surface area (Å²) < 4.78 is 26.8. The summed E-state index contributed by atoms with van der Waals surface area (Å²) in [6, 6.07) is 8.72. The van der Waals surface area contributed by atoms with Crippen molar-refractivity contribution in [1.29, 1.82) is 0 Å². The second kappa shape index (κ2) is 6.08. The van der Waals surface area contributed by atoms with Crippen molar-refractivity contribution in [1.82, 2.24) is 5.32 Å². The highest BCUT2D eigenvalue weighted by atomic mass is 19.1. The van der Waals surface area contributed by atoms with Crippen LogP contribution in [0.1, 0.15) is 15.9 Å². The maximum Gasteiger partial charge on any atom is 0.304 e. The van der Waals surface area contributed by atoms with Gasteiger partial charge in [0.15, 0.2) is 0 Å². The third-order valence-electron chi connectivity index (χ3n) is 2.80. The van der Waals surface area contributed by atoms with Gasteiger partial charge < -0.3 is 5.32 Å². The van der Waals surface area contributed by atoms with Gasteiger partial charge in [-0.25, -0.2) is 4.39 Å². The second-order valence-corrected chi connectivity index (χ2v) is 4.20. The quantitative estimate of drug-likeness (QED) is 0.695. The zero-order valence-corrected chi connectivity index (χ0v) is 10.7. The first-order valence-electron chi connectivity index (χ1n) is 5.94. The van der Waals surface area contributed by atoms with Gasteiger partial charge in [0, 0.05) is 23.7 Å². The topological polar surface area (TPSA) is 72.2 Å². The van der Waals surface area contributed by atoms with Crippen molar-refractivity contribution < 1.29 is 18.5 Å². The van der Waals surface area contributed by atoms with E-state index in [1.54, 1.807) is 6.07 Å². The first-order chi connectivity index (χ1) is 9.99. The van der Waals surface area contributed by atoms with E-state index in [0.717, 1.165) is 18.2 Å². The van der Waals surface area contributed by atoms with E-state index in [1.165, 1.54) is 18.2 Å². The van der Waals surface area contributed by atoms with E-state index in [-0.39, 0.29) is 17.7 Å². The highest BCUT2D eigenvalue weighted by Gasteiger charge is 2.16. The Labute approximate surface area is 118 Å². The summed E-state index contributed by atoms with van der Waals surface area (Å²) in [6.45, 7) is -0.0654. The molecular formula is C14H10F2N2O3. The van der Waals surface area contributed by atoms with Gasteiger partial charge in [-0.3, -0.25) is 14.9 Å². The molecule has 0 aromatic heterocycles. The van der Waals surface area contributed by atoms with E-state index < -0.39 is 28.2 Å². The Morgan fingerprint density at radius 3 is 2.48 bits per heavy atom. The molecule has 0 saturated heterocycles. The average Bonchev–Trinajstić information content (AvgIpc) is 2.45. The summed E-state index contributed by atoms with van der Waals surface area (Å²) in [5.41, 5.74) is -0.497. The molecule has 2 aromatic carbocycles. The third kappa shape index (κ3) is 3.38. The minimum Gasteiger partial charge on any atom is -0.348 e. The number of nitrogens with one attached hydrogen (secondary N) is 1. The Bertz CT molecular complexity index is 704. The standard InChI is InChI=1S/C14H10F2N2O3/c15-11-4-2-1-3-10(11)8-17-14(19)9-5-6-13(18(20)21)12(16)7-9/h1-7H,8H2,(H,17,19). The van der Waals surface area contributed by atoms with Crippen molar-refractivity contribution in [3.63, 3.8) is 0 Å². The number of hydrogen-bond donors (Lipinski definition) is 1. The maximum atomic E-state index is 13.4. The number of carbonyl (C=O) groups is 1. The van der Waals surface area contributed by atoms with Gasteiger partial charge in [0.2, 0.25) is 5.82 Å². The van der Waals surface area contributed by atoms with Crippen LogP contribution in [0, 0.1) is 21.7 Å². The van der Waals surface area contributed by atoms with Crippen LogP contribution >= 0.6 is 0 Å². The van der Waals surface area contributed by atoms with Crippen LogP contribution in [-0.4, -0.2) is 10.8 Å². The van der Waals surface area contributed by atoms with Crippen LogP contribution in [0.2, 0.25) is 0 Å². The molecule has 0 heterocycles. The molecule has 0 spiro atoms. The number of nitro benzene ring substituents is 1. The van der Waals surface area contributed by atoms with Crippen LogP contribution in [0.3, 0.4) is 0 Å². The molecule has 0 aliphatic heterocycles. The molecule has 0 unspecified atom stereocenters. The van der Waals surface area contributed by atoms with E-state index >= 15 is 0 Å². The van der Waals surface area contributed by atoms with Crippen LogP contribution < -0.4 is 5.32 Å². The number of halogens is 2. The summed E-state index contributed by atoms with van der Waals surface area (Å²) in [5, 5.41) is 12.9. The smallest absolute Gasteiger partial charge is 0.304 e. The molecule has 0 atom stereocenters. The molecule has 108 valence electrons. The number of rotatable bonds is 4. The van der Waals surface area contributed by atoms with Crippen molar-refractivity contribution in [2.75, 3.05) is 0 Å². The second-order valence-electron chi connectivity index (χ2n) is 4.20. The van der Waals surface area contributed by atoms with Crippen LogP contribution in [0.5, 0.6) is 0 Å². The number of benzene rings is 2. The number of hydrogen-bond acceptors (Lipinski definition) is 3. The Morgan fingerprint density at radius 2 is 1.86 bits per heavy atom. The Morgan fingerprint density at radius 1 is 1.14 bits per heavy atom. The van der Waals surface area contributed by atoms with Crippen LogP contribution in [0.15, 0.2) is 42.5 Å². The van der Waals surface area contributed by atoms with Crippen molar-refractivity contribution >= 4 is 11.6 Å². The molecule has 2 rings (SSSR count). The van der Waals surface area contributed by atoms with Crippen molar-refractivity contribution in [2.24, 2.45) is 0 Å². The summed E-state index contributed by atoms with van der Waals surface area (Å²) in [6.07, 6.45) is 0. The monoisotopic (exact) mass is 292 g/mol. The summed E-state index contributed by atoms with van der Waals surface area (Å²) >= 11 is 0. The fraction of sp³-hybridized carbons (Fsp3) is 0.0714. The minimum absolute atomic E-state index is 0.0654. The molecule has 21 heavy (non-hydrogen) atoms. The lowest BCUT2D eigenvalue weighted by molar-refractivity contribution is -0.387. The van der Waals surface area contributed by atoms with Gasteiger partial charge in [0.25, 0.3) is 5.91 Å². The molecule has 1 N–H and O–H groups in total. The fourth-order valence-corrected chi connectivity index (χ4v) is 1.72. The van der Waals surface area contributed by atoms with E-state index in [9.17, 15) is 23.7 Å². The Kier molecular flexibility index (Phi) is 4.22. The SMILES string of the molecule is O=C(NCc1ccccc1F)c1ccc([N+](=O)[O-])c(F)c1. The van der Waals surface area contributed by atoms with Crippen molar-refractivity contribution in [3.05, 3.63) is 75.3 Å². The zero-order valence-electron chi connectivity index (χ0n) is 10.7. The highest BCUT2D eigenvalue weighted by molar-refractivity contribution is 5.94. The van der Waals surface area contributed by atoms with Crippen molar-refractivity contribution in [3.8, 4) is 0 Å². The van der Waals surface area contributed by atoms with Gasteiger partial charge in [-0.15, -0.1) is 0 Å². The normalized spacial score (nSPS) is 10.2. The minimum atomic E-state index is -1.10. The number of nitrogens with zero attached hydrogens (tertiary/aromatic N) is 1. The summed E-state index contributed by atoms with van der Waals surface area (Å²) in [4.78, 5) is 21.4. The molecule has 0 radical (unpaired) electrons. The van der Waals surface area contributed by atoms with Crippen molar-refractivity contribution in [2.45, 2.75) is 6.54 Å². The van der Waals surface area contributed by atoms with E-state index in [1.807, 2.05) is 0 Å². The summed E-state index contributed by atoms with van der Waals surface area (Å²) in [7, 11) is 0. The number of carbonyl (C=O) groups excluding carboxylic acids is 1.